The largest absolute Gasteiger partial charge is 0.328 e. The van der Waals surface area contributed by atoms with Crippen LogP contribution in [0, 0.1) is 5.92 Å². The highest BCUT2D eigenvalue weighted by Gasteiger charge is 2.24. The number of rotatable bonds is 4. The molecule has 0 aliphatic carbocycles. The quantitative estimate of drug-likeness (QED) is 0.750. The molecule has 84 valence electrons. The minimum absolute atomic E-state index is 0.367. The summed E-state index contributed by atoms with van der Waals surface area (Å²) in [6, 6.07) is 1.12. The number of likely N-dealkylation sites (tertiary alicyclic amines) is 1. The molecule has 2 N–H and O–H groups in total. The number of hydrogen-bond acceptors (Lipinski definition) is 2. The van der Waals surface area contributed by atoms with Gasteiger partial charge in [-0.15, -0.1) is 0 Å². The minimum Gasteiger partial charge on any atom is -0.328 e. The molecule has 1 heterocycles. The van der Waals surface area contributed by atoms with Crippen LogP contribution in [-0.4, -0.2) is 30.1 Å². The molecule has 14 heavy (non-hydrogen) atoms. The van der Waals surface area contributed by atoms with Crippen molar-refractivity contribution in [1.82, 2.24) is 4.90 Å². The maximum absolute atomic E-state index is 5.98. The highest BCUT2D eigenvalue weighted by atomic mass is 15.2. The summed E-state index contributed by atoms with van der Waals surface area (Å²) in [6.07, 6.45) is 5.28. The third kappa shape index (κ3) is 3.25. The van der Waals surface area contributed by atoms with E-state index >= 15 is 0 Å². The number of nitrogens with zero attached hydrogens (tertiary/aromatic N) is 1. The fourth-order valence-corrected chi connectivity index (χ4v) is 2.47. The molecule has 0 aromatic heterocycles. The Morgan fingerprint density at radius 3 is 2.71 bits per heavy atom. The van der Waals surface area contributed by atoms with Crippen molar-refractivity contribution in [2.45, 2.75) is 58.5 Å². The Bertz CT molecular complexity index is 156. The van der Waals surface area contributed by atoms with Gasteiger partial charge >= 0.3 is 0 Å². The fourth-order valence-electron chi connectivity index (χ4n) is 2.47. The summed E-state index contributed by atoms with van der Waals surface area (Å²) >= 11 is 0. The lowest BCUT2D eigenvalue weighted by Crippen LogP contribution is -2.45. The van der Waals surface area contributed by atoms with Gasteiger partial charge < -0.3 is 10.6 Å². The zero-order valence-electron chi connectivity index (χ0n) is 10.00. The lowest BCUT2D eigenvalue weighted by atomic mass is 9.91. The first-order chi connectivity index (χ1) is 6.65. The van der Waals surface area contributed by atoms with Crippen molar-refractivity contribution in [3.8, 4) is 0 Å². The van der Waals surface area contributed by atoms with E-state index in [0.29, 0.717) is 6.04 Å². The second-order valence-corrected chi connectivity index (χ2v) is 4.89. The maximum Gasteiger partial charge on any atom is 0.00669 e. The normalized spacial score (nSPS) is 28.7. The van der Waals surface area contributed by atoms with Gasteiger partial charge in [-0.2, -0.15) is 0 Å². The summed E-state index contributed by atoms with van der Waals surface area (Å²) in [5.41, 5.74) is 5.98. The van der Waals surface area contributed by atoms with Crippen molar-refractivity contribution >= 4 is 0 Å². The van der Waals surface area contributed by atoms with Crippen LogP contribution in [0.4, 0.5) is 0 Å². The minimum atomic E-state index is 0.367. The Kier molecular flexibility index (Phi) is 4.90. The van der Waals surface area contributed by atoms with E-state index in [9.17, 15) is 0 Å². The van der Waals surface area contributed by atoms with Crippen LogP contribution in [0.25, 0.3) is 0 Å². The predicted molar refractivity (Wildman–Crippen MR) is 62.3 cm³/mol. The average Bonchev–Trinajstić information content (AvgIpc) is 2.18. The molecule has 0 aromatic carbocycles. The fraction of sp³-hybridized carbons (Fsp3) is 1.00. The van der Waals surface area contributed by atoms with Crippen molar-refractivity contribution in [3.63, 3.8) is 0 Å². The van der Waals surface area contributed by atoms with Gasteiger partial charge in [0.15, 0.2) is 0 Å². The Morgan fingerprint density at radius 2 is 2.14 bits per heavy atom. The highest BCUT2D eigenvalue weighted by Crippen LogP contribution is 2.21. The molecule has 0 aromatic rings. The standard InChI is InChI=1S/C12H26N2/c1-4-6-10(2)14-8-5-7-12(9-14)11(3)13/h10-12H,4-9,13H2,1-3H3. The van der Waals surface area contributed by atoms with E-state index < -0.39 is 0 Å². The molecule has 1 fully saturated rings. The van der Waals surface area contributed by atoms with Gasteiger partial charge in [-0.05, 0) is 45.6 Å². The van der Waals surface area contributed by atoms with Crippen molar-refractivity contribution in [2.75, 3.05) is 13.1 Å². The summed E-state index contributed by atoms with van der Waals surface area (Å²) < 4.78 is 0. The summed E-state index contributed by atoms with van der Waals surface area (Å²) in [6.45, 7) is 9.28. The first kappa shape index (κ1) is 12.0. The molecule has 1 saturated heterocycles. The van der Waals surface area contributed by atoms with E-state index in [1.807, 2.05) is 0 Å². The number of nitrogens with two attached hydrogens (primary N) is 1. The maximum atomic E-state index is 5.98. The van der Waals surface area contributed by atoms with Crippen LogP contribution >= 0.6 is 0 Å². The third-order valence-electron chi connectivity index (χ3n) is 3.56. The Morgan fingerprint density at radius 1 is 1.43 bits per heavy atom. The van der Waals surface area contributed by atoms with Gasteiger partial charge in [-0.1, -0.05) is 13.3 Å². The molecule has 1 aliphatic rings. The van der Waals surface area contributed by atoms with E-state index in [0.717, 1.165) is 12.0 Å². The summed E-state index contributed by atoms with van der Waals surface area (Å²) in [5.74, 6) is 0.725. The van der Waals surface area contributed by atoms with E-state index in [-0.39, 0.29) is 0 Å². The molecule has 0 saturated carbocycles. The first-order valence-electron chi connectivity index (χ1n) is 6.14. The van der Waals surface area contributed by atoms with Crippen LogP contribution in [0.1, 0.15) is 46.5 Å². The van der Waals surface area contributed by atoms with Gasteiger partial charge in [0.1, 0.15) is 0 Å². The van der Waals surface area contributed by atoms with Crippen LogP contribution < -0.4 is 5.73 Å². The van der Waals surface area contributed by atoms with Crippen LogP contribution in [0.15, 0.2) is 0 Å². The SMILES string of the molecule is CCCC(C)N1CCCC(C(C)N)C1. The van der Waals surface area contributed by atoms with Gasteiger partial charge in [0, 0.05) is 18.6 Å². The molecule has 0 amide bonds. The zero-order chi connectivity index (χ0) is 10.6. The molecule has 3 unspecified atom stereocenters. The summed E-state index contributed by atoms with van der Waals surface area (Å²) in [4.78, 5) is 2.63. The van der Waals surface area contributed by atoms with Crippen molar-refractivity contribution in [3.05, 3.63) is 0 Å². The molecule has 2 heteroatoms. The second-order valence-electron chi connectivity index (χ2n) is 4.89. The summed E-state index contributed by atoms with van der Waals surface area (Å²) in [7, 11) is 0. The molecule has 2 nitrogen and oxygen atoms in total. The average molecular weight is 198 g/mol. The van der Waals surface area contributed by atoms with E-state index in [1.165, 1.54) is 38.8 Å². The van der Waals surface area contributed by atoms with Crippen molar-refractivity contribution in [2.24, 2.45) is 11.7 Å². The Hall–Kier alpha value is -0.0800. The second kappa shape index (κ2) is 5.72. The van der Waals surface area contributed by atoms with Gasteiger partial charge in [0.05, 0.1) is 0 Å². The topological polar surface area (TPSA) is 29.3 Å². The van der Waals surface area contributed by atoms with E-state index in [2.05, 4.69) is 25.7 Å². The van der Waals surface area contributed by atoms with Crippen molar-refractivity contribution < 1.29 is 0 Å². The van der Waals surface area contributed by atoms with Gasteiger partial charge in [0.2, 0.25) is 0 Å². The Labute approximate surface area is 88.8 Å². The van der Waals surface area contributed by atoms with Crippen LogP contribution in [0.3, 0.4) is 0 Å². The molecule has 1 aliphatic heterocycles. The van der Waals surface area contributed by atoms with E-state index in [1.54, 1.807) is 0 Å². The smallest absolute Gasteiger partial charge is 0.00669 e. The third-order valence-corrected chi connectivity index (χ3v) is 3.56. The Balaban J connectivity index is 2.39. The monoisotopic (exact) mass is 198 g/mol. The molecule has 1 rings (SSSR count). The van der Waals surface area contributed by atoms with Gasteiger partial charge in [-0.3, -0.25) is 0 Å². The molecule has 3 atom stereocenters. The predicted octanol–water partition coefficient (Wildman–Crippen LogP) is 2.23. The molecule has 0 spiro atoms. The van der Waals surface area contributed by atoms with Crippen LogP contribution in [0.5, 0.6) is 0 Å². The van der Waals surface area contributed by atoms with Crippen molar-refractivity contribution in [1.29, 1.82) is 0 Å². The number of hydrogen-bond donors (Lipinski definition) is 1. The highest BCUT2D eigenvalue weighted by molar-refractivity contribution is 4.80. The lowest BCUT2D eigenvalue weighted by Gasteiger charge is -2.38. The van der Waals surface area contributed by atoms with Gasteiger partial charge in [-0.25, -0.2) is 0 Å². The van der Waals surface area contributed by atoms with Crippen LogP contribution in [-0.2, 0) is 0 Å². The van der Waals surface area contributed by atoms with E-state index in [4.69, 9.17) is 5.73 Å². The number of piperidine rings is 1. The lowest BCUT2D eigenvalue weighted by molar-refractivity contribution is 0.116. The molecular formula is C12H26N2. The first-order valence-corrected chi connectivity index (χ1v) is 6.14. The molecular weight excluding hydrogens is 172 g/mol. The molecule has 0 radical (unpaired) electrons. The zero-order valence-corrected chi connectivity index (χ0v) is 10.00. The summed E-state index contributed by atoms with van der Waals surface area (Å²) in [5, 5.41) is 0. The molecule has 0 bridgehead atoms. The van der Waals surface area contributed by atoms with Gasteiger partial charge in [0.25, 0.3) is 0 Å². The van der Waals surface area contributed by atoms with Crippen LogP contribution in [0.2, 0.25) is 0 Å².